The molecule has 0 saturated carbocycles. The fraction of sp³-hybridized carbons (Fsp3) is 0.263. The van der Waals surface area contributed by atoms with E-state index >= 15 is 0 Å². The first-order chi connectivity index (χ1) is 12.2. The van der Waals surface area contributed by atoms with E-state index in [9.17, 15) is 4.79 Å². The maximum absolute atomic E-state index is 12.4. The molecule has 2 aromatic heterocycles. The Kier molecular flexibility index (Phi) is 5.90. The molecule has 0 aliphatic rings. The molecule has 3 rings (SSSR count). The summed E-state index contributed by atoms with van der Waals surface area (Å²) >= 11 is 5.98. The summed E-state index contributed by atoms with van der Waals surface area (Å²) in [6.45, 7) is 1.49. The van der Waals surface area contributed by atoms with Crippen molar-refractivity contribution in [1.82, 2.24) is 19.4 Å². The molecule has 0 fully saturated rings. The Bertz CT molecular complexity index is 766. The van der Waals surface area contributed by atoms with Gasteiger partial charge in [-0.2, -0.15) is 0 Å². The van der Waals surface area contributed by atoms with Gasteiger partial charge in [0.1, 0.15) is 0 Å². The van der Waals surface area contributed by atoms with Gasteiger partial charge in [-0.25, -0.2) is 4.98 Å². The van der Waals surface area contributed by atoms with Gasteiger partial charge in [0.2, 0.25) is 5.91 Å². The van der Waals surface area contributed by atoms with Crippen molar-refractivity contribution in [3.8, 4) is 0 Å². The highest BCUT2D eigenvalue weighted by Crippen LogP contribution is 2.23. The number of halogens is 1. The van der Waals surface area contributed by atoms with Crippen LogP contribution in [-0.2, 0) is 11.3 Å². The lowest BCUT2D eigenvalue weighted by Gasteiger charge is -2.19. The maximum Gasteiger partial charge on any atom is 0.222 e. The Labute approximate surface area is 152 Å². The number of nitrogens with one attached hydrogen (secondary N) is 1. The van der Waals surface area contributed by atoms with Gasteiger partial charge in [-0.15, -0.1) is 0 Å². The monoisotopic (exact) mass is 356 g/mol. The standard InChI is InChI=1S/C19H21ClN4O/c20-17-6-4-16(5-7-17)18(24-11-1-2-12-24)14-19(25)22-8-3-10-23-13-9-21-15-23/h1-2,4-7,9,11-13,15,18H,3,8,10,14H2,(H,22,25)/t18-/m1/s1. The van der Waals surface area contributed by atoms with Crippen molar-refractivity contribution in [3.63, 3.8) is 0 Å². The molecule has 130 valence electrons. The summed E-state index contributed by atoms with van der Waals surface area (Å²) in [5, 5.41) is 3.70. The number of imidazole rings is 1. The molecule has 0 aliphatic carbocycles. The molecule has 1 N–H and O–H groups in total. The van der Waals surface area contributed by atoms with E-state index in [-0.39, 0.29) is 11.9 Å². The van der Waals surface area contributed by atoms with Crippen LogP contribution in [0.25, 0.3) is 0 Å². The van der Waals surface area contributed by atoms with Crippen LogP contribution in [0.15, 0.2) is 67.5 Å². The molecule has 1 amide bonds. The third-order valence-electron chi connectivity index (χ3n) is 4.10. The van der Waals surface area contributed by atoms with Crippen molar-refractivity contribution in [2.24, 2.45) is 0 Å². The number of nitrogens with zero attached hydrogens (tertiary/aromatic N) is 3. The van der Waals surface area contributed by atoms with E-state index in [1.54, 1.807) is 12.5 Å². The van der Waals surface area contributed by atoms with Crippen molar-refractivity contribution >= 4 is 17.5 Å². The third kappa shape index (κ3) is 4.97. The minimum Gasteiger partial charge on any atom is -0.356 e. The van der Waals surface area contributed by atoms with Crippen molar-refractivity contribution in [2.45, 2.75) is 25.4 Å². The maximum atomic E-state index is 12.4. The number of carbonyl (C=O) groups is 1. The largest absolute Gasteiger partial charge is 0.356 e. The van der Waals surface area contributed by atoms with Crippen molar-refractivity contribution in [3.05, 3.63) is 78.1 Å². The molecule has 2 heterocycles. The molecule has 0 radical (unpaired) electrons. The lowest BCUT2D eigenvalue weighted by Crippen LogP contribution is -2.28. The van der Waals surface area contributed by atoms with E-state index < -0.39 is 0 Å². The first kappa shape index (κ1) is 17.3. The van der Waals surface area contributed by atoms with Crippen molar-refractivity contribution in [1.29, 1.82) is 0 Å². The minimum absolute atomic E-state index is 0.0408. The topological polar surface area (TPSA) is 51.9 Å². The summed E-state index contributed by atoms with van der Waals surface area (Å²) in [5.74, 6) is 0.0410. The molecule has 0 aliphatic heterocycles. The zero-order valence-corrected chi connectivity index (χ0v) is 14.6. The molecule has 0 bridgehead atoms. The van der Waals surface area contributed by atoms with Gasteiger partial charge in [0, 0.05) is 42.9 Å². The van der Waals surface area contributed by atoms with E-state index in [0.29, 0.717) is 18.0 Å². The van der Waals surface area contributed by atoms with Gasteiger partial charge in [0.15, 0.2) is 0 Å². The van der Waals surface area contributed by atoms with Crippen LogP contribution in [-0.4, -0.2) is 26.6 Å². The number of rotatable bonds is 8. The van der Waals surface area contributed by atoms with E-state index in [1.165, 1.54) is 0 Å². The molecular weight excluding hydrogens is 336 g/mol. The first-order valence-electron chi connectivity index (χ1n) is 8.33. The third-order valence-corrected chi connectivity index (χ3v) is 4.35. The summed E-state index contributed by atoms with van der Waals surface area (Å²) in [6, 6.07) is 11.5. The molecule has 25 heavy (non-hydrogen) atoms. The van der Waals surface area contributed by atoms with Gasteiger partial charge in [-0.1, -0.05) is 23.7 Å². The Morgan fingerprint density at radius 2 is 1.92 bits per heavy atom. The molecule has 1 atom stereocenters. The summed E-state index contributed by atoms with van der Waals surface area (Å²) < 4.78 is 4.05. The van der Waals surface area contributed by atoms with Gasteiger partial charge >= 0.3 is 0 Å². The van der Waals surface area contributed by atoms with Crippen LogP contribution >= 0.6 is 11.6 Å². The number of aromatic nitrogens is 3. The zero-order chi connectivity index (χ0) is 17.5. The van der Waals surface area contributed by atoms with Crippen LogP contribution < -0.4 is 5.32 Å². The molecule has 1 aromatic carbocycles. The lowest BCUT2D eigenvalue weighted by atomic mass is 10.0. The number of carbonyl (C=O) groups excluding carboxylic acids is 1. The molecule has 0 spiro atoms. The fourth-order valence-corrected chi connectivity index (χ4v) is 2.92. The van der Waals surface area contributed by atoms with E-state index in [1.807, 2.05) is 64.1 Å². The Balaban J connectivity index is 1.56. The van der Waals surface area contributed by atoms with Gasteiger partial charge in [0.05, 0.1) is 18.8 Å². The number of benzene rings is 1. The molecular formula is C19H21ClN4O. The number of hydrogen-bond donors (Lipinski definition) is 1. The van der Waals surface area contributed by atoms with Gasteiger partial charge in [-0.3, -0.25) is 4.79 Å². The molecule has 3 aromatic rings. The van der Waals surface area contributed by atoms with E-state index in [0.717, 1.165) is 18.5 Å². The SMILES string of the molecule is O=C(C[C@H](c1ccc(Cl)cc1)n1cccc1)NCCCn1ccnc1. The van der Waals surface area contributed by atoms with Crippen LogP contribution in [0.4, 0.5) is 0 Å². The Morgan fingerprint density at radius 3 is 2.60 bits per heavy atom. The van der Waals surface area contributed by atoms with Crippen molar-refractivity contribution in [2.75, 3.05) is 6.54 Å². The molecule has 0 unspecified atom stereocenters. The predicted molar refractivity (Wildman–Crippen MR) is 98.5 cm³/mol. The first-order valence-corrected chi connectivity index (χ1v) is 8.70. The second-order valence-electron chi connectivity index (χ2n) is 5.91. The normalized spacial score (nSPS) is 12.0. The van der Waals surface area contributed by atoms with Gasteiger partial charge in [-0.05, 0) is 36.2 Å². The molecule has 0 saturated heterocycles. The van der Waals surface area contributed by atoms with Crippen LogP contribution in [0.5, 0.6) is 0 Å². The quantitative estimate of drug-likeness (QED) is 0.628. The Hall–Kier alpha value is -2.53. The van der Waals surface area contributed by atoms with Crippen LogP contribution in [0.3, 0.4) is 0 Å². The average Bonchev–Trinajstić information content (AvgIpc) is 3.31. The highest BCUT2D eigenvalue weighted by molar-refractivity contribution is 6.30. The summed E-state index contributed by atoms with van der Waals surface area (Å²) in [4.78, 5) is 16.4. The molecule has 6 heteroatoms. The second kappa shape index (κ2) is 8.53. The lowest BCUT2D eigenvalue weighted by molar-refractivity contribution is -0.121. The minimum atomic E-state index is -0.0408. The van der Waals surface area contributed by atoms with Gasteiger partial charge < -0.3 is 14.5 Å². The Morgan fingerprint density at radius 1 is 1.16 bits per heavy atom. The van der Waals surface area contributed by atoms with E-state index in [4.69, 9.17) is 11.6 Å². The summed E-state index contributed by atoms with van der Waals surface area (Å²) in [7, 11) is 0. The predicted octanol–water partition coefficient (Wildman–Crippen LogP) is 3.52. The summed E-state index contributed by atoms with van der Waals surface area (Å²) in [5.41, 5.74) is 1.06. The fourth-order valence-electron chi connectivity index (χ4n) is 2.79. The van der Waals surface area contributed by atoms with Crippen LogP contribution in [0, 0.1) is 0 Å². The highest BCUT2D eigenvalue weighted by atomic mass is 35.5. The van der Waals surface area contributed by atoms with Crippen LogP contribution in [0.1, 0.15) is 24.4 Å². The number of amides is 1. The van der Waals surface area contributed by atoms with Crippen LogP contribution in [0.2, 0.25) is 5.02 Å². The molecule has 5 nitrogen and oxygen atoms in total. The average molecular weight is 357 g/mol. The highest BCUT2D eigenvalue weighted by Gasteiger charge is 2.17. The zero-order valence-electron chi connectivity index (χ0n) is 13.9. The second-order valence-corrected chi connectivity index (χ2v) is 6.34. The van der Waals surface area contributed by atoms with Gasteiger partial charge in [0.25, 0.3) is 0 Å². The van der Waals surface area contributed by atoms with E-state index in [2.05, 4.69) is 10.3 Å². The number of aryl methyl sites for hydroxylation is 1. The smallest absolute Gasteiger partial charge is 0.222 e. The number of hydrogen-bond acceptors (Lipinski definition) is 2. The summed E-state index contributed by atoms with van der Waals surface area (Å²) in [6.07, 6.45) is 10.7. The van der Waals surface area contributed by atoms with Crippen molar-refractivity contribution < 1.29 is 4.79 Å².